The van der Waals surface area contributed by atoms with Crippen molar-refractivity contribution in [2.45, 2.75) is 38.5 Å². The number of thiophene rings is 1. The Hall–Kier alpha value is -2.32. The van der Waals surface area contributed by atoms with Crippen molar-refractivity contribution in [3.8, 4) is 5.75 Å². The molecule has 0 aliphatic heterocycles. The van der Waals surface area contributed by atoms with Gasteiger partial charge >= 0.3 is 0 Å². The van der Waals surface area contributed by atoms with E-state index in [0.717, 1.165) is 40.8 Å². The van der Waals surface area contributed by atoms with E-state index in [4.69, 9.17) is 4.74 Å². The molecule has 1 aliphatic carbocycles. The molecule has 3 aromatic rings. The van der Waals surface area contributed by atoms with Crippen molar-refractivity contribution < 1.29 is 9.53 Å². The number of aromatic amines is 1. The van der Waals surface area contributed by atoms with Crippen molar-refractivity contribution in [3.05, 3.63) is 56.4 Å². The summed E-state index contributed by atoms with van der Waals surface area (Å²) in [4.78, 5) is 36.4. The van der Waals surface area contributed by atoms with Crippen LogP contribution in [0.15, 0.2) is 29.1 Å². The third-order valence-corrected chi connectivity index (χ3v) is 7.28. The molecule has 1 aliphatic rings. The Kier molecular flexibility index (Phi) is 6.43. The Balaban J connectivity index is 1.31. The SMILES string of the molecule is CCOc1ccc(CN(C)C(=O)CSCc2nc3sc4c(c3c(=O)[nH]2)CCC4)cc1. The zero-order valence-electron chi connectivity index (χ0n) is 17.2. The number of hydrogen-bond donors (Lipinski definition) is 1. The van der Waals surface area contributed by atoms with Crippen molar-refractivity contribution in [1.29, 1.82) is 0 Å². The number of fused-ring (bicyclic) bond motifs is 3. The van der Waals surface area contributed by atoms with Crippen molar-refractivity contribution in [2.75, 3.05) is 19.4 Å². The van der Waals surface area contributed by atoms with Gasteiger partial charge in [-0.25, -0.2) is 4.98 Å². The van der Waals surface area contributed by atoms with Gasteiger partial charge in [-0.3, -0.25) is 9.59 Å². The molecular weight excluding hydrogens is 418 g/mol. The fraction of sp³-hybridized carbons (Fsp3) is 0.409. The minimum absolute atomic E-state index is 0.0473. The molecule has 0 spiro atoms. The number of carbonyl (C=O) groups is 1. The van der Waals surface area contributed by atoms with E-state index in [-0.39, 0.29) is 11.5 Å². The monoisotopic (exact) mass is 443 g/mol. The highest BCUT2D eigenvalue weighted by Gasteiger charge is 2.21. The zero-order chi connectivity index (χ0) is 21.1. The highest BCUT2D eigenvalue weighted by Crippen LogP contribution is 2.34. The molecule has 4 rings (SSSR count). The van der Waals surface area contributed by atoms with Crippen LogP contribution >= 0.6 is 23.1 Å². The van der Waals surface area contributed by atoms with Gasteiger partial charge in [0.2, 0.25) is 5.91 Å². The second-order valence-corrected chi connectivity index (χ2v) is 9.44. The van der Waals surface area contributed by atoms with E-state index in [9.17, 15) is 9.59 Å². The predicted octanol–water partition coefficient (Wildman–Crippen LogP) is 3.76. The van der Waals surface area contributed by atoms with Crippen LogP contribution in [0.25, 0.3) is 10.2 Å². The van der Waals surface area contributed by atoms with Crippen LogP contribution in [0.2, 0.25) is 0 Å². The second-order valence-electron chi connectivity index (χ2n) is 7.37. The van der Waals surface area contributed by atoms with Crippen LogP contribution in [-0.4, -0.2) is 40.2 Å². The Bertz CT molecular complexity index is 1110. The minimum Gasteiger partial charge on any atom is -0.494 e. The molecule has 0 fully saturated rings. The number of H-pyrrole nitrogens is 1. The number of carbonyl (C=O) groups excluding carboxylic acids is 1. The highest BCUT2D eigenvalue weighted by molar-refractivity contribution is 7.99. The lowest BCUT2D eigenvalue weighted by atomic mass is 10.2. The molecule has 2 aromatic heterocycles. The summed E-state index contributed by atoms with van der Waals surface area (Å²) in [6, 6.07) is 7.80. The van der Waals surface area contributed by atoms with E-state index >= 15 is 0 Å². The Morgan fingerprint density at radius 3 is 2.87 bits per heavy atom. The number of rotatable bonds is 8. The molecule has 6 nitrogen and oxygen atoms in total. The predicted molar refractivity (Wildman–Crippen MR) is 123 cm³/mol. The van der Waals surface area contributed by atoms with Crippen LogP contribution in [0.1, 0.15) is 35.2 Å². The van der Waals surface area contributed by atoms with Gasteiger partial charge in [-0.2, -0.15) is 0 Å². The van der Waals surface area contributed by atoms with Crippen molar-refractivity contribution >= 4 is 39.2 Å². The summed E-state index contributed by atoms with van der Waals surface area (Å²) in [5, 5.41) is 0.771. The maximum Gasteiger partial charge on any atom is 0.259 e. The number of aromatic nitrogens is 2. The molecule has 0 atom stereocenters. The summed E-state index contributed by atoms with van der Waals surface area (Å²) in [7, 11) is 1.80. The summed E-state index contributed by atoms with van der Waals surface area (Å²) in [6.07, 6.45) is 3.15. The van der Waals surface area contributed by atoms with Gasteiger partial charge in [-0.1, -0.05) is 12.1 Å². The summed E-state index contributed by atoms with van der Waals surface area (Å²) in [6.45, 7) is 3.14. The first-order valence-corrected chi connectivity index (χ1v) is 12.1. The number of amides is 1. The number of aryl methyl sites for hydroxylation is 2. The molecule has 0 bridgehead atoms. The third kappa shape index (κ3) is 4.54. The van der Waals surface area contributed by atoms with E-state index in [1.54, 1.807) is 23.3 Å². The van der Waals surface area contributed by atoms with E-state index in [1.165, 1.54) is 22.2 Å². The number of nitrogens with zero attached hydrogens (tertiary/aromatic N) is 2. The number of thioether (sulfide) groups is 1. The average molecular weight is 444 g/mol. The maximum atomic E-state index is 12.5. The van der Waals surface area contributed by atoms with Gasteiger partial charge in [0.1, 0.15) is 16.4 Å². The first kappa shape index (κ1) is 20.9. The molecule has 0 saturated carbocycles. The summed E-state index contributed by atoms with van der Waals surface area (Å²) in [5.74, 6) is 2.37. The first-order valence-electron chi connectivity index (χ1n) is 10.1. The normalized spacial score (nSPS) is 12.9. The van der Waals surface area contributed by atoms with E-state index < -0.39 is 0 Å². The highest BCUT2D eigenvalue weighted by atomic mass is 32.2. The molecule has 0 saturated heterocycles. The Labute approximate surface area is 183 Å². The zero-order valence-corrected chi connectivity index (χ0v) is 18.8. The third-order valence-electron chi connectivity index (χ3n) is 5.17. The van der Waals surface area contributed by atoms with Crippen LogP contribution in [0.4, 0.5) is 0 Å². The molecule has 8 heteroatoms. The smallest absolute Gasteiger partial charge is 0.259 e. The topological polar surface area (TPSA) is 75.3 Å². The lowest BCUT2D eigenvalue weighted by Crippen LogP contribution is -2.27. The van der Waals surface area contributed by atoms with Crippen LogP contribution < -0.4 is 10.3 Å². The Morgan fingerprint density at radius 2 is 2.10 bits per heavy atom. The first-order chi connectivity index (χ1) is 14.5. The molecule has 1 amide bonds. The van der Waals surface area contributed by atoms with Crippen LogP contribution in [0.5, 0.6) is 5.75 Å². The lowest BCUT2D eigenvalue weighted by molar-refractivity contribution is -0.127. The average Bonchev–Trinajstić information content (AvgIpc) is 3.30. The summed E-state index contributed by atoms with van der Waals surface area (Å²) in [5.41, 5.74) is 2.20. The van der Waals surface area contributed by atoms with Gasteiger partial charge in [0.15, 0.2) is 0 Å². The fourth-order valence-corrected chi connectivity index (χ4v) is 5.79. The molecule has 0 radical (unpaired) electrons. The standard InChI is InChI=1S/C22H25N3O3S2/c1-3-28-15-9-7-14(8-10-15)11-25(2)19(26)13-29-12-18-23-21(27)20-16-5-4-6-17(16)30-22(20)24-18/h7-10H,3-6,11-13H2,1-2H3,(H,23,24,27). The van der Waals surface area contributed by atoms with Crippen LogP contribution in [0.3, 0.4) is 0 Å². The minimum atomic E-state index is -0.0473. The molecule has 0 unspecified atom stereocenters. The number of hydrogen-bond acceptors (Lipinski definition) is 6. The molecule has 1 aromatic carbocycles. The van der Waals surface area contributed by atoms with Gasteiger partial charge in [0, 0.05) is 18.5 Å². The summed E-state index contributed by atoms with van der Waals surface area (Å²) < 4.78 is 5.45. The van der Waals surface area contributed by atoms with Gasteiger partial charge in [-0.05, 0) is 49.4 Å². The lowest BCUT2D eigenvalue weighted by Gasteiger charge is -2.17. The van der Waals surface area contributed by atoms with Gasteiger partial charge in [0.25, 0.3) is 5.56 Å². The second kappa shape index (κ2) is 9.22. The quantitative estimate of drug-likeness (QED) is 0.574. The molecule has 30 heavy (non-hydrogen) atoms. The number of nitrogens with one attached hydrogen (secondary N) is 1. The Morgan fingerprint density at radius 1 is 1.30 bits per heavy atom. The molecule has 1 N–H and O–H groups in total. The summed E-state index contributed by atoms with van der Waals surface area (Å²) >= 11 is 3.11. The molecule has 2 heterocycles. The van der Waals surface area contributed by atoms with Crippen LogP contribution in [-0.2, 0) is 29.9 Å². The van der Waals surface area contributed by atoms with E-state index in [0.29, 0.717) is 30.5 Å². The van der Waals surface area contributed by atoms with E-state index in [2.05, 4.69) is 9.97 Å². The van der Waals surface area contributed by atoms with E-state index in [1.807, 2.05) is 31.2 Å². The van der Waals surface area contributed by atoms with Gasteiger partial charge in [-0.15, -0.1) is 23.1 Å². The van der Waals surface area contributed by atoms with Crippen molar-refractivity contribution in [3.63, 3.8) is 0 Å². The number of ether oxygens (including phenoxy) is 1. The van der Waals surface area contributed by atoms with Crippen molar-refractivity contribution in [1.82, 2.24) is 14.9 Å². The van der Waals surface area contributed by atoms with Gasteiger partial charge < -0.3 is 14.6 Å². The number of benzene rings is 1. The largest absolute Gasteiger partial charge is 0.494 e. The molecular formula is C22H25N3O3S2. The fourth-order valence-electron chi connectivity index (χ4n) is 3.68. The van der Waals surface area contributed by atoms with Gasteiger partial charge in [0.05, 0.1) is 23.5 Å². The van der Waals surface area contributed by atoms with Crippen LogP contribution in [0, 0.1) is 0 Å². The van der Waals surface area contributed by atoms with Crippen molar-refractivity contribution in [2.24, 2.45) is 0 Å². The molecule has 158 valence electrons. The maximum absolute atomic E-state index is 12.5.